The second-order valence-electron chi connectivity index (χ2n) is 6.21. The Bertz CT molecular complexity index is 879. The van der Waals surface area contributed by atoms with Crippen molar-refractivity contribution in [2.75, 3.05) is 24.6 Å². The van der Waals surface area contributed by atoms with Gasteiger partial charge in [-0.3, -0.25) is 0 Å². The van der Waals surface area contributed by atoms with Crippen LogP contribution < -0.4 is 4.90 Å². The van der Waals surface area contributed by atoms with E-state index in [-0.39, 0.29) is 28.2 Å². The quantitative estimate of drug-likeness (QED) is 0.476. The van der Waals surface area contributed by atoms with Crippen LogP contribution in [0.1, 0.15) is 24.0 Å². The van der Waals surface area contributed by atoms with Gasteiger partial charge in [-0.2, -0.15) is 9.78 Å². The second-order valence-corrected chi connectivity index (χ2v) is 6.60. The number of aromatic nitrogens is 3. The lowest BCUT2D eigenvalue weighted by atomic mass is 9.94. The number of pyridine rings is 1. The van der Waals surface area contributed by atoms with E-state index in [1.54, 1.807) is 6.07 Å². The standard InChI is InChI=1S/C17H15ClF4N4O/c18-15-7-14(25-5-3-16(19,11-27)4-6-25)13(9-23-15)2-1-12-8-24-26(10-12)17(20,21)22/h7-10,27H,3-6,11H2. The molecule has 3 rings (SSSR count). The SMILES string of the molecule is OCC1(F)CCN(c2cc(Cl)ncc2C#Cc2cnn(C(F)(F)F)c2)CC1. The Kier molecular flexibility index (Phi) is 5.31. The summed E-state index contributed by atoms with van der Waals surface area (Å²) in [5.41, 5.74) is -0.444. The van der Waals surface area contributed by atoms with Crippen molar-refractivity contribution in [1.29, 1.82) is 0 Å². The van der Waals surface area contributed by atoms with E-state index in [4.69, 9.17) is 16.7 Å². The first-order chi connectivity index (χ1) is 12.7. The third-order valence-corrected chi connectivity index (χ3v) is 4.52. The van der Waals surface area contributed by atoms with Crippen molar-refractivity contribution in [2.24, 2.45) is 0 Å². The molecule has 0 spiro atoms. The molecule has 10 heteroatoms. The van der Waals surface area contributed by atoms with Crippen LogP contribution in [0.3, 0.4) is 0 Å². The Morgan fingerprint density at radius 2 is 1.93 bits per heavy atom. The van der Waals surface area contributed by atoms with Gasteiger partial charge in [0.1, 0.15) is 10.8 Å². The van der Waals surface area contributed by atoms with Gasteiger partial charge in [0.25, 0.3) is 0 Å². The zero-order valence-corrected chi connectivity index (χ0v) is 14.7. The molecule has 2 aromatic rings. The number of halogens is 5. The predicted molar refractivity (Wildman–Crippen MR) is 91.1 cm³/mol. The molecule has 5 nitrogen and oxygen atoms in total. The smallest absolute Gasteiger partial charge is 0.393 e. The highest BCUT2D eigenvalue weighted by atomic mass is 35.5. The third kappa shape index (κ3) is 4.51. The second kappa shape index (κ2) is 7.37. The summed E-state index contributed by atoms with van der Waals surface area (Å²) in [4.78, 5) is 5.82. The minimum absolute atomic E-state index is 0.0925. The van der Waals surface area contributed by atoms with E-state index < -0.39 is 18.6 Å². The van der Waals surface area contributed by atoms with Crippen molar-refractivity contribution in [2.45, 2.75) is 24.8 Å². The molecule has 1 saturated heterocycles. The van der Waals surface area contributed by atoms with Gasteiger partial charge in [0.05, 0.1) is 29.6 Å². The van der Waals surface area contributed by atoms with Gasteiger partial charge < -0.3 is 10.0 Å². The van der Waals surface area contributed by atoms with Gasteiger partial charge in [-0.15, -0.1) is 13.2 Å². The molecule has 0 atom stereocenters. The first-order valence-electron chi connectivity index (χ1n) is 8.04. The van der Waals surface area contributed by atoms with Gasteiger partial charge >= 0.3 is 6.30 Å². The molecule has 1 N–H and O–H groups in total. The summed E-state index contributed by atoms with van der Waals surface area (Å²) >= 11 is 5.95. The van der Waals surface area contributed by atoms with Crippen LogP contribution in [0.25, 0.3) is 0 Å². The largest absolute Gasteiger partial charge is 0.504 e. The maximum atomic E-state index is 14.2. The molecule has 0 saturated carbocycles. The van der Waals surface area contributed by atoms with Crippen LogP contribution in [0, 0.1) is 11.8 Å². The average Bonchev–Trinajstić information content (AvgIpc) is 3.11. The van der Waals surface area contributed by atoms with Gasteiger partial charge in [-0.25, -0.2) is 9.37 Å². The molecule has 1 aliphatic rings. The molecule has 0 bridgehead atoms. The molecule has 1 aliphatic heterocycles. The van der Waals surface area contributed by atoms with Crippen LogP contribution in [0.2, 0.25) is 5.15 Å². The fourth-order valence-electron chi connectivity index (χ4n) is 2.75. The highest BCUT2D eigenvalue weighted by molar-refractivity contribution is 6.29. The number of alkyl halides is 4. The summed E-state index contributed by atoms with van der Waals surface area (Å²) in [7, 11) is 0. The zero-order valence-electron chi connectivity index (χ0n) is 14.0. The zero-order chi connectivity index (χ0) is 19.7. The van der Waals surface area contributed by atoms with Gasteiger partial charge in [0, 0.05) is 44.4 Å². The van der Waals surface area contributed by atoms with Crippen LogP contribution in [0.5, 0.6) is 0 Å². The number of rotatable bonds is 2. The van der Waals surface area contributed by atoms with E-state index >= 15 is 0 Å². The monoisotopic (exact) mass is 402 g/mol. The maximum Gasteiger partial charge on any atom is 0.504 e. The maximum absolute atomic E-state index is 14.2. The van der Waals surface area contributed by atoms with Crippen molar-refractivity contribution in [1.82, 2.24) is 14.8 Å². The van der Waals surface area contributed by atoms with Crippen molar-refractivity contribution in [3.05, 3.63) is 40.9 Å². The highest BCUT2D eigenvalue weighted by Gasteiger charge is 2.34. The molecule has 3 heterocycles. The molecule has 0 unspecified atom stereocenters. The summed E-state index contributed by atoms with van der Waals surface area (Å²) in [6.45, 7) is 0.157. The first-order valence-corrected chi connectivity index (χ1v) is 8.42. The topological polar surface area (TPSA) is 54.2 Å². The number of nitrogens with zero attached hydrogens (tertiary/aromatic N) is 4. The van der Waals surface area contributed by atoms with Crippen LogP contribution in [0.4, 0.5) is 23.2 Å². The number of piperidine rings is 1. The average molecular weight is 403 g/mol. The lowest BCUT2D eigenvalue weighted by Gasteiger charge is -2.37. The molecule has 144 valence electrons. The van der Waals surface area contributed by atoms with Crippen molar-refractivity contribution >= 4 is 17.3 Å². The molecule has 0 amide bonds. The number of hydrogen-bond donors (Lipinski definition) is 1. The number of aliphatic hydroxyl groups excluding tert-OH is 1. The number of aliphatic hydroxyl groups is 1. The molecule has 1 fully saturated rings. The van der Waals surface area contributed by atoms with E-state index in [0.717, 1.165) is 12.4 Å². The van der Waals surface area contributed by atoms with E-state index in [1.165, 1.54) is 6.20 Å². The number of anilines is 1. The Labute approximate surface area is 157 Å². The summed E-state index contributed by atoms with van der Waals surface area (Å²) in [5.74, 6) is 5.40. The van der Waals surface area contributed by atoms with E-state index in [1.807, 2.05) is 4.90 Å². The minimum atomic E-state index is -4.60. The summed E-state index contributed by atoms with van der Waals surface area (Å²) in [6.07, 6.45) is -1.09. The Morgan fingerprint density at radius 1 is 1.22 bits per heavy atom. The van der Waals surface area contributed by atoms with Gasteiger partial charge in [0.15, 0.2) is 0 Å². The highest BCUT2D eigenvalue weighted by Crippen LogP contribution is 2.31. The fraction of sp³-hybridized carbons (Fsp3) is 0.412. The first kappa shape index (κ1) is 19.5. The van der Waals surface area contributed by atoms with E-state index in [2.05, 4.69) is 21.9 Å². The minimum Gasteiger partial charge on any atom is -0.393 e. The predicted octanol–water partition coefficient (Wildman–Crippen LogP) is 3.11. The lowest BCUT2D eigenvalue weighted by molar-refractivity contribution is -0.212. The van der Waals surface area contributed by atoms with E-state index in [9.17, 15) is 17.6 Å². The van der Waals surface area contributed by atoms with Gasteiger partial charge in [0.2, 0.25) is 0 Å². The number of hydrogen-bond acceptors (Lipinski definition) is 4. The van der Waals surface area contributed by atoms with Crippen LogP contribution >= 0.6 is 11.6 Å². The van der Waals surface area contributed by atoms with Crippen molar-refractivity contribution in [3.8, 4) is 11.8 Å². The van der Waals surface area contributed by atoms with Crippen LogP contribution in [0.15, 0.2) is 24.7 Å². The summed E-state index contributed by atoms with van der Waals surface area (Å²) < 4.78 is 51.8. The molecule has 0 aliphatic carbocycles. The third-order valence-electron chi connectivity index (χ3n) is 4.32. The van der Waals surface area contributed by atoms with Gasteiger partial charge in [-0.1, -0.05) is 23.4 Å². The molecule has 0 radical (unpaired) electrons. The Hall–Kier alpha value is -2.31. The Morgan fingerprint density at radius 3 is 2.52 bits per heavy atom. The summed E-state index contributed by atoms with van der Waals surface area (Å²) in [5, 5.41) is 12.6. The van der Waals surface area contributed by atoms with Gasteiger partial charge in [-0.05, 0) is 0 Å². The molecule has 2 aromatic heterocycles. The normalized spacial score (nSPS) is 16.7. The molecule has 0 aromatic carbocycles. The molecular formula is C17H15ClF4N4O. The summed E-state index contributed by atoms with van der Waals surface area (Å²) in [6, 6.07) is 1.58. The molecule has 27 heavy (non-hydrogen) atoms. The van der Waals surface area contributed by atoms with Crippen LogP contribution in [-0.4, -0.2) is 45.2 Å². The fourth-order valence-corrected chi connectivity index (χ4v) is 2.90. The van der Waals surface area contributed by atoms with Crippen LogP contribution in [-0.2, 0) is 6.30 Å². The van der Waals surface area contributed by atoms with Crippen molar-refractivity contribution in [3.63, 3.8) is 0 Å². The molecular weight excluding hydrogens is 388 g/mol. The van der Waals surface area contributed by atoms with Crippen molar-refractivity contribution < 1.29 is 22.7 Å². The Balaban J connectivity index is 1.85. The lowest BCUT2D eigenvalue weighted by Crippen LogP contribution is -2.44. The van der Waals surface area contributed by atoms with E-state index in [0.29, 0.717) is 24.3 Å².